The summed E-state index contributed by atoms with van der Waals surface area (Å²) in [5, 5.41) is 3.56. The number of rotatable bonds is 6. The molecular weight excluding hydrogens is 312 g/mol. The van der Waals surface area contributed by atoms with Gasteiger partial charge in [-0.15, -0.1) is 0 Å². The summed E-state index contributed by atoms with van der Waals surface area (Å²) >= 11 is 0. The number of amides is 1. The third-order valence-corrected chi connectivity index (χ3v) is 4.91. The lowest BCUT2D eigenvalue weighted by Gasteiger charge is -2.26. The van der Waals surface area contributed by atoms with Gasteiger partial charge in [0, 0.05) is 37.2 Å². The van der Waals surface area contributed by atoms with Crippen LogP contribution in [0.25, 0.3) is 0 Å². The van der Waals surface area contributed by atoms with E-state index in [1.165, 1.54) is 18.4 Å². The van der Waals surface area contributed by atoms with E-state index in [1.807, 2.05) is 36.1 Å². The summed E-state index contributed by atoms with van der Waals surface area (Å²) in [6.45, 7) is 3.53. The van der Waals surface area contributed by atoms with Crippen LogP contribution < -0.4 is 5.32 Å². The van der Waals surface area contributed by atoms with Crippen LogP contribution in [0.4, 0.5) is 5.82 Å². The van der Waals surface area contributed by atoms with Gasteiger partial charge in [-0.3, -0.25) is 4.79 Å². The Balaban J connectivity index is 1.58. The third-order valence-electron chi connectivity index (χ3n) is 4.91. The second-order valence-electron chi connectivity index (χ2n) is 7.08. The molecule has 1 atom stereocenters. The number of aromatic nitrogens is 2. The zero-order chi connectivity index (χ0) is 17.2. The summed E-state index contributed by atoms with van der Waals surface area (Å²) in [4.78, 5) is 23.3. The van der Waals surface area contributed by atoms with E-state index < -0.39 is 0 Å². The molecule has 1 aliphatic heterocycles. The van der Waals surface area contributed by atoms with Gasteiger partial charge in [-0.1, -0.05) is 30.3 Å². The van der Waals surface area contributed by atoms with Crippen molar-refractivity contribution in [2.45, 2.75) is 44.6 Å². The first kappa shape index (κ1) is 16.1. The topological polar surface area (TPSA) is 58.1 Å². The maximum Gasteiger partial charge on any atom is 0.222 e. The molecule has 0 spiro atoms. The Kier molecular flexibility index (Phi) is 4.38. The summed E-state index contributed by atoms with van der Waals surface area (Å²) in [6, 6.07) is 12.3. The van der Waals surface area contributed by atoms with Crippen molar-refractivity contribution in [2.24, 2.45) is 0 Å². The van der Waals surface area contributed by atoms with Gasteiger partial charge in [-0.2, -0.15) is 0 Å². The Hall–Kier alpha value is -2.43. The highest BCUT2D eigenvalue weighted by molar-refractivity contribution is 5.78. The van der Waals surface area contributed by atoms with E-state index in [2.05, 4.69) is 22.4 Å². The van der Waals surface area contributed by atoms with Crippen LogP contribution in [0.3, 0.4) is 0 Å². The van der Waals surface area contributed by atoms with Gasteiger partial charge in [0.1, 0.15) is 11.6 Å². The smallest absolute Gasteiger partial charge is 0.222 e. The fraction of sp³-hybridized carbons (Fsp3) is 0.450. The van der Waals surface area contributed by atoms with E-state index in [1.54, 1.807) is 0 Å². The predicted molar refractivity (Wildman–Crippen MR) is 97.4 cm³/mol. The molecule has 0 bridgehead atoms. The van der Waals surface area contributed by atoms with Crippen molar-refractivity contribution in [3.05, 3.63) is 53.5 Å². The van der Waals surface area contributed by atoms with E-state index in [-0.39, 0.29) is 11.9 Å². The average Bonchev–Trinajstić information content (AvgIpc) is 3.39. The van der Waals surface area contributed by atoms with E-state index in [9.17, 15) is 4.79 Å². The van der Waals surface area contributed by atoms with Gasteiger partial charge in [-0.05, 0) is 31.7 Å². The molecule has 2 aliphatic rings. The fourth-order valence-corrected chi connectivity index (χ4v) is 3.41. The van der Waals surface area contributed by atoms with Crippen LogP contribution in [-0.2, 0) is 4.79 Å². The second kappa shape index (κ2) is 6.82. The molecule has 1 saturated carbocycles. The van der Waals surface area contributed by atoms with Crippen molar-refractivity contribution in [1.29, 1.82) is 0 Å². The molecule has 1 aromatic carbocycles. The molecular formula is C20H24N4O. The zero-order valence-corrected chi connectivity index (χ0v) is 14.6. The van der Waals surface area contributed by atoms with Gasteiger partial charge in [0.15, 0.2) is 0 Å². The standard InChI is InChI=1S/C20H24N4O/c1-14-12-18(23-20(21-14)16-9-10-16)22-17(15-6-3-2-4-7-15)13-24-11-5-8-19(24)25/h2-4,6-7,12,16-17H,5,8-11,13H2,1H3,(H,21,22,23). The quantitative estimate of drug-likeness (QED) is 0.878. The molecule has 1 saturated heterocycles. The van der Waals surface area contributed by atoms with Crippen LogP contribution in [0.2, 0.25) is 0 Å². The van der Waals surface area contributed by atoms with Gasteiger partial charge < -0.3 is 10.2 Å². The van der Waals surface area contributed by atoms with E-state index in [4.69, 9.17) is 4.98 Å². The maximum atomic E-state index is 12.1. The second-order valence-corrected chi connectivity index (χ2v) is 7.08. The molecule has 4 rings (SSSR count). The van der Waals surface area contributed by atoms with Crippen LogP contribution in [0, 0.1) is 6.92 Å². The van der Waals surface area contributed by atoms with E-state index >= 15 is 0 Å². The Labute approximate surface area is 148 Å². The molecule has 1 N–H and O–H groups in total. The van der Waals surface area contributed by atoms with Crippen LogP contribution in [0.1, 0.15) is 54.7 Å². The molecule has 1 amide bonds. The largest absolute Gasteiger partial charge is 0.361 e. The number of nitrogens with one attached hydrogen (secondary N) is 1. The molecule has 2 aromatic rings. The minimum atomic E-state index is 0.0320. The lowest BCUT2D eigenvalue weighted by atomic mass is 10.1. The number of hydrogen-bond acceptors (Lipinski definition) is 4. The third kappa shape index (κ3) is 3.81. The molecule has 25 heavy (non-hydrogen) atoms. The lowest BCUT2D eigenvalue weighted by Crippen LogP contribution is -2.32. The number of benzene rings is 1. The van der Waals surface area contributed by atoms with Gasteiger partial charge >= 0.3 is 0 Å². The highest BCUT2D eigenvalue weighted by Crippen LogP contribution is 2.38. The van der Waals surface area contributed by atoms with Crippen molar-refractivity contribution in [3.8, 4) is 0 Å². The maximum absolute atomic E-state index is 12.1. The van der Waals surface area contributed by atoms with Crippen molar-refractivity contribution in [2.75, 3.05) is 18.4 Å². The number of anilines is 1. The number of hydrogen-bond donors (Lipinski definition) is 1. The Morgan fingerprint density at radius 2 is 2.04 bits per heavy atom. The highest BCUT2D eigenvalue weighted by Gasteiger charge is 2.28. The molecule has 2 fully saturated rings. The van der Waals surface area contributed by atoms with Gasteiger partial charge in [0.05, 0.1) is 6.04 Å². The Morgan fingerprint density at radius 1 is 1.24 bits per heavy atom. The number of carbonyl (C=O) groups is 1. The minimum Gasteiger partial charge on any atom is -0.361 e. The van der Waals surface area contributed by atoms with Crippen LogP contribution in [0.5, 0.6) is 0 Å². The molecule has 5 nitrogen and oxygen atoms in total. The minimum absolute atomic E-state index is 0.0320. The molecule has 130 valence electrons. The van der Waals surface area contributed by atoms with Crippen molar-refractivity contribution < 1.29 is 4.79 Å². The lowest BCUT2D eigenvalue weighted by molar-refractivity contribution is -0.127. The molecule has 1 unspecified atom stereocenters. The van der Waals surface area contributed by atoms with E-state index in [0.29, 0.717) is 18.9 Å². The average molecular weight is 336 g/mol. The number of aryl methyl sites for hydroxylation is 1. The first-order valence-corrected chi connectivity index (χ1v) is 9.14. The van der Waals surface area contributed by atoms with E-state index in [0.717, 1.165) is 30.3 Å². The Morgan fingerprint density at radius 3 is 2.72 bits per heavy atom. The first-order valence-electron chi connectivity index (χ1n) is 9.14. The van der Waals surface area contributed by atoms with Crippen LogP contribution in [0.15, 0.2) is 36.4 Å². The Bertz CT molecular complexity index is 758. The molecule has 1 aliphatic carbocycles. The molecule has 5 heteroatoms. The molecule has 1 aromatic heterocycles. The predicted octanol–water partition coefficient (Wildman–Crippen LogP) is 3.44. The first-order chi connectivity index (χ1) is 12.2. The summed E-state index contributed by atoms with van der Waals surface area (Å²) in [5.74, 6) is 2.58. The fourth-order valence-electron chi connectivity index (χ4n) is 3.41. The summed E-state index contributed by atoms with van der Waals surface area (Å²) < 4.78 is 0. The van der Waals surface area contributed by atoms with Crippen molar-refractivity contribution in [3.63, 3.8) is 0 Å². The highest BCUT2D eigenvalue weighted by atomic mass is 16.2. The number of nitrogens with zero attached hydrogens (tertiary/aromatic N) is 3. The van der Waals surface area contributed by atoms with Crippen molar-refractivity contribution >= 4 is 11.7 Å². The molecule has 0 radical (unpaired) electrons. The zero-order valence-electron chi connectivity index (χ0n) is 14.6. The summed E-state index contributed by atoms with van der Waals surface area (Å²) in [7, 11) is 0. The van der Waals surface area contributed by atoms with Crippen LogP contribution >= 0.6 is 0 Å². The molecule has 2 heterocycles. The number of likely N-dealkylation sites (tertiary alicyclic amines) is 1. The normalized spacial score (nSPS) is 18.4. The monoisotopic (exact) mass is 336 g/mol. The van der Waals surface area contributed by atoms with Gasteiger partial charge in [0.2, 0.25) is 5.91 Å². The number of carbonyl (C=O) groups excluding carboxylic acids is 1. The van der Waals surface area contributed by atoms with Gasteiger partial charge in [-0.25, -0.2) is 9.97 Å². The van der Waals surface area contributed by atoms with Crippen molar-refractivity contribution in [1.82, 2.24) is 14.9 Å². The summed E-state index contributed by atoms with van der Waals surface area (Å²) in [5.41, 5.74) is 2.16. The van der Waals surface area contributed by atoms with Gasteiger partial charge in [0.25, 0.3) is 0 Å². The SMILES string of the molecule is Cc1cc(NC(CN2CCCC2=O)c2ccccc2)nc(C2CC2)n1. The summed E-state index contributed by atoms with van der Waals surface area (Å²) in [6.07, 6.45) is 4.00. The van der Waals surface area contributed by atoms with Crippen LogP contribution in [-0.4, -0.2) is 33.9 Å².